The molecule has 1 fully saturated rings. The number of alkyl halides is 3. The molecular formula is C17H18F3N5O3S. The third kappa shape index (κ3) is 5.53. The number of nitriles is 1. The van der Waals surface area contributed by atoms with E-state index in [4.69, 9.17) is 20.3 Å². The molecule has 1 aromatic heterocycles. The molecule has 2 unspecified atom stereocenters. The number of halogens is 3. The van der Waals surface area contributed by atoms with Gasteiger partial charge in [0.1, 0.15) is 18.1 Å². The first-order valence-corrected chi connectivity index (χ1v) is 9.43. The van der Waals surface area contributed by atoms with Gasteiger partial charge in [0.05, 0.1) is 11.7 Å². The first-order chi connectivity index (χ1) is 13.6. The summed E-state index contributed by atoms with van der Waals surface area (Å²) in [7, 11) is 0. The molecule has 5 atom stereocenters. The number of ether oxygens (including phenoxy) is 2. The fourth-order valence-electron chi connectivity index (χ4n) is 3.03. The van der Waals surface area contributed by atoms with Crippen LogP contribution < -0.4 is 0 Å². The van der Waals surface area contributed by atoms with Gasteiger partial charge in [-0.25, -0.2) is 4.98 Å². The molecule has 0 aliphatic carbocycles. The number of carbonyl (C=O) groups excluding carboxylic acids is 1. The lowest BCUT2D eigenvalue weighted by Crippen LogP contribution is -2.48. The fraction of sp³-hybridized carbons (Fsp3) is 0.588. The second-order valence-corrected chi connectivity index (χ2v) is 7.73. The van der Waals surface area contributed by atoms with Crippen LogP contribution in [-0.2, 0) is 20.4 Å². The van der Waals surface area contributed by atoms with Gasteiger partial charge in [0.25, 0.3) is 0 Å². The van der Waals surface area contributed by atoms with Crippen molar-refractivity contribution in [1.82, 2.24) is 4.98 Å². The Morgan fingerprint density at radius 1 is 1.48 bits per heavy atom. The van der Waals surface area contributed by atoms with Crippen LogP contribution in [0.4, 0.5) is 13.2 Å². The van der Waals surface area contributed by atoms with E-state index < -0.39 is 41.0 Å². The van der Waals surface area contributed by atoms with Crippen LogP contribution in [0.5, 0.6) is 0 Å². The molecule has 1 saturated heterocycles. The summed E-state index contributed by atoms with van der Waals surface area (Å²) in [5.74, 6) is -1.04. The Balaban J connectivity index is 2.28. The molecule has 0 amide bonds. The maximum absolute atomic E-state index is 12.9. The number of aromatic nitrogens is 1. The van der Waals surface area contributed by atoms with E-state index in [0.29, 0.717) is 4.90 Å². The van der Waals surface area contributed by atoms with Crippen molar-refractivity contribution in [2.75, 3.05) is 6.61 Å². The minimum Gasteiger partial charge on any atom is -0.463 e. The largest absolute Gasteiger partial charge is 0.463 e. The van der Waals surface area contributed by atoms with Crippen molar-refractivity contribution in [2.24, 2.45) is 17.0 Å². The van der Waals surface area contributed by atoms with Crippen LogP contribution >= 0.6 is 11.8 Å². The molecule has 156 valence electrons. The zero-order valence-corrected chi connectivity index (χ0v) is 16.6. The fourth-order valence-corrected chi connectivity index (χ4v) is 4.17. The van der Waals surface area contributed by atoms with E-state index in [0.717, 1.165) is 24.0 Å². The van der Waals surface area contributed by atoms with Gasteiger partial charge < -0.3 is 9.47 Å². The van der Waals surface area contributed by atoms with Gasteiger partial charge in [-0.2, -0.15) is 18.4 Å². The van der Waals surface area contributed by atoms with Crippen molar-refractivity contribution in [2.45, 2.75) is 49.4 Å². The molecule has 12 heteroatoms. The number of nitrogens with zero attached hydrogens (tertiary/aromatic N) is 5. The van der Waals surface area contributed by atoms with Crippen LogP contribution in [0.3, 0.4) is 0 Å². The first kappa shape index (κ1) is 22.8. The van der Waals surface area contributed by atoms with Crippen LogP contribution in [0.1, 0.15) is 32.0 Å². The number of hydrogen-bond donors (Lipinski definition) is 0. The van der Waals surface area contributed by atoms with Crippen molar-refractivity contribution in [1.29, 1.82) is 5.26 Å². The monoisotopic (exact) mass is 429 g/mol. The van der Waals surface area contributed by atoms with Gasteiger partial charge in [-0.1, -0.05) is 30.7 Å². The molecule has 2 rings (SSSR count). The summed E-state index contributed by atoms with van der Waals surface area (Å²) >= 11 is 1.06. The number of pyridine rings is 1. The molecule has 1 aliphatic heterocycles. The molecule has 1 aromatic rings. The Hall–Kier alpha value is -2.48. The number of hydrogen-bond acceptors (Lipinski definition) is 7. The van der Waals surface area contributed by atoms with Crippen molar-refractivity contribution in [3.63, 3.8) is 0 Å². The van der Waals surface area contributed by atoms with E-state index in [1.165, 1.54) is 13.0 Å². The van der Waals surface area contributed by atoms with Gasteiger partial charge in [0, 0.05) is 34.9 Å². The summed E-state index contributed by atoms with van der Waals surface area (Å²) in [4.78, 5) is 17.7. The Kier molecular flexibility index (Phi) is 7.35. The average molecular weight is 429 g/mol. The van der Waals surface area contributed by atoms with Crippen LogP contribution in [0.15, 0.2) is 22.3 Å². The second kappa shape index (κ2) is 9.35. The highest BCUT2D eigenvalue weighted by Gasteiger charge is 2.42. The van der Waals surface area contributed by atoms with E-state index in [1.54, 1.807) is 13.8 Å². The number of azide groups is 1. The number of esters is 1. The molecule has 0 spiro atoms. The first-order valence-electron chi connectivity index (χ1n) is 8.55. The van der Waals surface area contributed by atoms with E-state index in [-0.39, 0.29) is 18.4 Å². The standard InChI is InChI=1S/C17H18F3N5O3S/c1-8-13(7-27-10(3)26)28-16(9(2)14(8)24-25-22)29-12-4-11(5-21)15(23-6-12)17(18,19)20/h4,6,8-9,13-14,16H,7H2,1-3H3/t8-,9?,13?,14-,16+/m0/s1. The van der Waals surface area contributed by atoms with Gasteiger partial charge in [-0.15, -0.1) is 0 Å². The van der Waals surface area contributed by atoms with Gasteiger partial charge >= 0.3 is 12.1 Å². The van der Waals surface area contributed by atoms with E-state index in [2.05, 4.69) is 15.0 Å². The molecular weight excluding hydrogens is 411 g/mol. The average Bonchev–Trinajstić information content (AvgIpc) is 2.65. The quantitative estimate of drug-likeness (QED) is 0.298. The molecule has 8 nitrogen and oxygen atoms in total. The van der Waals surface area contributed by atoms with Crippen LogP contribution in [0.2, 0.25) is 0 Å². The maximum Gasteiger partial charge on any atom is 0.434 e. The molecule has 0 aromatic carbocycles. The lowest BCUT2D eigenvalue weighted by Gasteiger charge is -2.42. The van der Waals surface area contributed by atoms with Crippen molar-refractivity contribution >= 4 is 17.7 Å². The summed E-state index contributed by atoms with van der Waals surface area (Å²) < 4.78 is 49.8. The second-order valence-electron chi connectivity index (χ2n) is 6.55. The van der Waals surface area contributed by atoms with Gasteiger partial charge in [-0.3, -0.25) is 4.79 Å². The van der Waals surface area contributed by atoms with Crippen molar-refractivity contribution in [3.8, 4) is 6.07 Å². The van der Waals surface area contributed by atoms with Gasteiger partial charge in [0.15, 0.2) is 5.69 Å². The number of rotatable bonds is 5. The Morgan fingerprint density at radius 3 is 2.72 bits per heavy atom. The minimum atomic E-state index is -4.74. The lowest BCUT2D eigenvalue weighted by atomic mass is 9.85. The minimum absolute atomic E-state index is 0.0492. The normalized spacial score (nSPS) is 26.9. The molecule has 29 heavy (non-hydrogen) atoms. The van der Waals surface area contributed by atoms with Crippen molar-refractivity contribution < 1.29 is 27.4 Å². The van der Waals surface area contributed by atoms with E-state index >= 15 is 0 Å². The smallest absolute Gasteiger partial charge is 0.434 e. The number of carbonyl (C=O) groups is 1. The molecule has 0 radical (unpaired) electrons. The third-order valence-corrected chi connectivity index (χ3v) is 5.81. The van der Waals surface area contributed by atoms with Crippen LogP contribution in [0, 0.1) is 23.2 Å². The van der Waals surface area contributed by atoms with E-state index in [1.807, 2.05) is 0 Å². The highest BCUT2D eigenvalue weighted by atomic mass is 32.2. The SMILES string of the molecule is CC(=O)OCC1O[C@H](Sc2cnc(C(F)(F)F)c(C#N)c2)C(C)[C@@H](N=[N+]=[N-])[C@H]1C. The Bertz CT molecular complexity index is 854. The summed E-state index contributed by atoms with van der Waals surface area (Å²) in [5, 5.41) is 12.9. The predicted octanol–water partition coefficient (Wildman–Crippen LogP) is 4.30. The Labute approximate surface area is 169 Å². The molecule has 0 N–H and O–H groups in total. The summed E-state index contributed by atoms with van der Waals surface area (Å²) in [6.07, 6.45) is -4.28. The number of thioether (sulfide) groups is 1. The highest BCUT2D eigenvalue weighted by molar-refractivity contribution is 7.99. The molecule has 0 saturated carbocycles. The van der Waals surface area contributed by atoms with Crippen molar-refractivity contribution in [3.05, 3.63) is 34.0 Å². The zero-order valence-electron chi connectivity index (χ0n) is 15.8. The van der Waals surface area contributed by atoms with Gasteiger partial charge in [-0.05, 0) is 17.5 Å². The lowest BCUT2D eigenvalue weighted by molar-refractivity contribution is -0.153. The maximum atomic E-state index is 12.9. The predicted molar refractivity (Wildman–Crippen MR) is 96.4 cm³/mol. The summed E-state index contributed by atoms with van der Waals surface area (Å²) in [5.41, 5.74) is 6.41. The molecule has 1 aliphatic rings. The zero-order chi connectivity index (χ0) is 21.8. The Morgan fingerprint density at radius 2 is 2.17 bits per heavy atom. The summed E-state index contributed by atoms with van der Waals surface area (Å²) in [6, 6.07) is 2.12. The summed E-state index contributed by atoms with van der Waals surface area (Å²) in [6.45, 7) is 4.80. The highest BCUT2D eigenvalue weighted by Crippen LogP contribution is 2.41. The van der Waals surface area contributed by atoms with Crippen LogP contribution in [-0.4, -0.2) is 35.1 Å². The van der Waals surface area contributed by atoms with Crippen LogP contribution in [0.25, 0.3) is 10.4 Å². The molecule has 0 bridgehead atoms. The van der Waals surface area contributed by atoms with Gasteiger partial charge in [0.2, 0.25) is 0 Å². The molecule has 2 heterocycles. The van der Waals surface area contributed by atoms with E-state index in [9.17, 15) is 18.0 Å². The topological polar surface area (TPSA) is 121 Å². The third-order valence-electron chi connectivity index (χ3n) is 4.54.